The Morgan fingerprint density at radius 2 is 2.44 bits per heavy atom. The van der Waals surface area contributed by atoms with Crippen LogP contribution in [0, 0.1) is 10.1 Å². The van der Waals surface area contributed by atoms with Crippen LogP contribution in [0.2, 0.25) is 0 Å². The molecule has 1 aromatic rings. The SMILES string of the molecule is O=[N+]([O-])c1cccnc1N1CCC[C@H](O)C1. The molecule has 1 aliphatic heterocycles. The molecule has 1 aromatic heterocycles. The molecule has 86 valence electrons. The van der Waals surface area contributed by atoms with Gasteiger partial charge in [-0.25, -0.2) is 4.98 Å². The molecule has 1 N–H and O–H groups in total. The lowest BCUT2D eigenvalue weighted by molar-refractivity contribution is -0.384. The molecule has 0 unspecified atom stereocenters. The third-order valence-corrected chi connectivity index (χ3v) is 2.66. The molecular weight excluding hydrogens is 210 g/mol. The monoisotopic (exact) mass is 223 g/mol. The van der Waals surface area contributed by atoms with E-state index in [1.165, 1.54) is 12.3 Å². The number of piperidine rings is 1. The summed E-state index contributed by atoms with van der Waals surface area (Å²) in [5.41, 5.74) is -0.00315. The molecular formula is C10H13N3O3. The average Bonchev–Trinajstić information content (AvgIpc) is 2.29. The smallest absolute Gasteiger partial charge is 0.311 e. The topological polar surface area (TPSA) is 79.5 Å². The third-order valence-electron chi connectivity index (χ3n) is 2.66. The first-order valence-electron chi connectivity index (χ1n) is 5.21. The highest BCUT2D eigenvalue weighted by Crippen LogP contribution is 2.27. The number of nitrogens with zero attached hydrogens (tertiary/aromatic N) is 3. The van der Waals surface area contributed by atoms with Crippen LogP contribution >= 0.6 is 0 Å². The van der Waals surface area contributed by atoms with E-state index in [9.17, 15) is 15.2 Å². The van der Waals surface area contributed by atoms with Gasteiger partial charge in [0, 0.05) is 25.4 Å². The maximum Gasteiger partial charge on any atom is 0.311 e. The molecule has 1 atom stereocenters. The summed E-state index contributed by atoms with van der Waals surface area (Å²) in [5.74, 6) is 0.353. The molecule has 0 radical (unpaired) electrons. The van der Waals surface area contributed by atoms with Crippen molar-refractivity contribution in [1.29, 1.82) is 0 Å². The van der Waals surface area contributed by atoms with E-state index in [2.05, 4.69) is 4.98 Å². The van der Waals surface area contributed by atoms with E-state index >= 15 is 0 Å². The van der Waals surface area contributed by atoms with E-state index in [0.717, 1.165) is 12.8 Å². The summed E-state index contributed by atoms with van der Waals surface area (Å²) in [5, 5.41) is 20.4. The van der Waals surface area contributed by atoms with Gasteiger partial charge >= 0.3 is 5.69 Å². The first kappa shape index (κ1) is 10.8. The van der Waals surface area contributed by atoms with Gasteiger partial charge in [0.05, 0.1) is 11.0 Å². The molecule has 16 heavy (non-hydrogen) atoms. The Labute approximate surface area is 92.7 Å². The normalized spacial score (nSPS) is 20.8. The lowest BCUT2D eigenvalue weighted by atomic mass is 10.1. The van der Waals surface area contributed by atoms with E-state index in [0.29, 0.717) is 18.9 Å². The van der Waals surface area contributed by atoms with Gasteiger partial charge in [0.1, 0.15) is 0 Å². The van der Waals surface area contributed by atoms with E-state index in [1.807, 2.05) is 0 Å². The van der Waals surface area contributed by atoms with Crippen molar-refractivity contribution in [1.82, 2.24) is 4.98 Å². The number of anilines is 1. The van der Waals surface area contributed by atoms with Gasteiger partial charge in [0.2, 0.25) is 5.82 Å². The van der Waals surface area contributed by atoms with Crippen LogP contribution in [0.4, 0.5) is 11.5 Å². The number of hydrogen-bond acceptors (Lipinski definition) is 5. The largest absolute Gasteiger partial charge is 0.391 e. The van der Waals surface area contributed by atoms with Crippen LogP contribution in [0.5, 0.6) is 0 Å². The standard InChI is InChI=1S/C10H13N3O3/c14-8-3-2-6-12(7-8)10-9(13(15)16)4-1-5-11-10/h1,4-5,8,14H,2-3,6-7H2/t8-/m0/s1. The van der Waals surface area contributed by atoms with Crippen LogP contribution in [0.3, 0.4) is 0 Å². The van der Waals surface area contributed by atoms with Crippen LogP contribution in [-0.4, -0.2) is 34.2 Å². The van der Waals surface area contributed by atoms with E-state index in [1.54, 1.807) is 11.0 Å². The maximum atomic E-state index is 10.8. The number of aliphatic hydroxyl groups excluding tert-OH is 1. The Morgan fingerprint density at radius 1 is 1.62 bits per heavy atom. The fourth-order valence-corrected chi connectivity index (χ4v) is 1.92. The number of β-amino-alcohol motifs (C(OH)–C–C–N with tert-alkyl or cyclic N) is 1. The van der Waals surface area contributed by atoms with Crippen LogP contribution in [0.1, 0.15) is 12.8 Å². The predicted molar refractivity (Wildman–Crippen MR) is 58.3 cm³/mol. The van der Waals surface area contributed by atoms with Crippen molar-refractivity contribution in [2.45, 2.75) is 18.9 Å². The summed E-state index contributed by atoms with van der Waals surface area (Å²) < 4.78 is 0. The molecule has 1 fully saturated rings. The third kappa shape index (κ3) is 2.11. The number of aliphatic hydroxyl groups is 1. The molecule has 1 aliphatic rings. The summed E-state index contributed by atoms with van der Waals surface area (Å²) in [6.45, 7) is 1.12. The second kappa shape index (κ2) is 4.44. The van der Waals surface area contributed by atoms with Crippen molar-refractivity contribution in [3.8, 4) is 0 Å². The van der Waals surface area contributed by atoms with Gasteiger partial charge in [-0.1, -0.05) is 0 Å². The highest BCUT2D eigenvalue weighted by Gasteiger charge is 2.25. The maximum absolute atomic E-state index is 10.8. The van der Waals surface area contributed by atoms with Crippen molar-refractivity contribution in [3.05, 3.63) is 28.4 Å². The Hall–Kier alpha value is -1.69. The zero-order valence-electron chi connectivity index (χ0n) is 8.74. The molecule has 0 aromatic carbocycles. The molecule has 1 saturated heterocycles. The number of aromatic nitrogens is 1. The van der Waals surface area contributed by atoms with Gasteiger partial charge in [0.15, 0.2) is 0 Å². The molecule has 0 saturated carbocycles. The summed E-state index contributed by atoms with van der Waals surface area (Å²) in [4.78, 5) is 16.2. The van der Waals surface area contributed by atoms with Gasteiger partial charge in [-0.3, -0.25) is 10.1 Å². The number of rotatable bonds is 2. The van der Waals surface area contributed by atoms with Gasteiger partial charge < -0.3 is 10.0 Å². The van der Waals surface area contributed by atoms with Crippen molar-refractivity contribution < 1.29 is 10.0 Å². The molecule has 0 bridgehead atoms. The van der Waals surface area contributed by atoms with E-state index in [4.69, 9.17) is 0 Å². The summed E-state index contributed by atoms with van der Waals surface area (Å²) in [6.07, 6.45) is 2.69. The van der Waals surface area contributed by atoms with Crippen LogP contribution in [0.25, 0.3) is 0 Å². The molecule has 6 heteroatoms. The summed E-state index contributed by atoms with van der Waals surface area (Å²) >= 11 is 0. The Bertz CT molecular complexity index is 397. The fourth-order valence-electron chi connectivity index (χ4n) is 1.92. The Morgan fingerprint density at radius 3 is 3.12 bits per heavy atom. The van der Waals surface area contributed by atoms with E-state index < -0.39 is 11.0 Å². The molecule has 6 nitrogen and oxygen atoms in total. The van der Waals surface area contributed by atoms with Gasteiger partial charge in [-0.2, -0.15) is 0 Å². The van der Waals surface area contributed by atoms with Crippen molar-refractivity contribution in [3.63, 3.8) is 0 Å². The molecule has 0 aliphatic carbocycles. The molecule has 2 rings (SSSR count). The first-order valence-corrected chi connectivity index (χ1v) is 5.21. The van der Waals surface area contributed by atoms with Crippen LogP contribution in [-0.2, 0) is 0 Å². The number of pyridine rings is 1. The molecule has 2 heterocycles. The first-order chi connectivity index (χ1) is 7.68. The van der Waals surface area contributed by atoms with Crippen LogP contribution < -0.4 is 4.90 Å². The van der Waals surface area contributed by atoms with Crippen molar-refractivity contribution in [2.24, 2.45) is 0 Å². The molecule has 0 amide bonds. The summed E-state index contributed by atoms with van der Waals surface area (Å²) in [6, 6.07) is 2.98. The van der Waals surface area contributed by atoms with Crippen LogP contribution in [0.15, 0.2) is 18.3 Å². The quantitative estimate of drug-likeness (QED) is 0.596. The zero-order chi connectivity index (χ0) is 11.5. The minimum atomic E-state index is -0.441. The lowest BCUT2D eigenvalue weighted by Gasteiger charge is -2.30. The van der Waals surface area contributed by atoms with E-state index in [-0.39, 0.29) is 5.69 Å². The molecule has 0 spiro atoms. The highest BCUT2D eigenvalue weighted by molar-refractivity contribution is 5.57. The number of nitro groups is 1. The minimum absolute atomic E-state index is 0.00315. The fraction of sp³-hybridized carbons (Fsp3) is 0.500. The minimum Gasteiger partial charge on any atom is -0.391 e. The second-order valence-electron chi connectivity index (χ2n) is 3.85. The Balaban J connectivity index is 2.28. The second-order valence-corrected chi connectivity index (χ2v) is 3.85. The van der Waals surface area contributed by atoms with Gasteiger partial charge in [-0.05, 0) is 18.9 Å². The zero-order valence-corrected chi connectivity index (χ0v) is 8.74. The van der Waals surface area contributed by atoms with Crippen molar-refractivity contribution in [2.75, 3.05) is 18.0 Å². The van der Waals surface area contributed by atoms with Crippen molar-refractivity contribution >= 4 is 11.5 Å². The lowest BCUT2D eigenvalue weighted by Crippen LogP contribution is -2.39. The average molecular weight is 223 g/mol. The predicted octanol–water partition coefficient (Wildman–Crippen LogP) is 0.951. The highest BCUT2D eigenvalue weighted by atomic mass is 16.6. The van der Waals surface area contributed by atoms with Gasteiger partial charge in [0.25, 0.3) is 0 Å². The van der Waals surface area contributed by atoms with Gasteiger partial charge in [-0.15, -0.1) is 0 Å². The summed E-state index contributed by atoms with van der Waals surface area (Å²) in [7, 11) is 0. The number of hydrogen-bond donors (Lipinski definition) is 1. The Kier molecular flexibility index (Phi) is 3.00.